The van der Waals surface area contributed by atoms with Gasteiger partial charge in [0.05, 0.1) is 23.8 Å². The molecule has 18 heavy (non-hydrogen) atoms. The molecule has 2 unspecified atom stereocenters. The van der Waals surface area contributed by atoms with Gasteiger partial charge in [-0.25, -0.2) is 0 Å². The van der Waals surface area contributed by atoms with Gasteiger partial charge in [-0.05, 0) is 44.1 Å². The van der Waals surface area contributed by atoms with Crippen molar-refractivity contribution in [2.75, 3.05) is 29.9 Å². The molecule has 3 rings (SSSR count). The van der Waals surface area contributed by atoms with Crippen LogP contribution in [-0.4, -0.2) is 24.6 Å². The van der Waals surface area contributed by atoms with E-state index in [2.05, 4.69) is 28.2 Å². The van der Waals surface area contributed by atoms with Crippen molar-refractivity contribution in [3.8, 4) is 0 Å². The fraction of sp³-hybridized carbons (Fsp3) is 0.667. The van der Waals surface area contributed by atoms with E-state index in [1.807, 2.05) is 12.4 Å². The quantitative estimate of drug-likeness (QED) is 0.886. The second-order valence-corrected chi connectivity index (χ2v) is 5.77. The third kappa shape index (κ3) is 2.45. The minimum Gasteiger partial charge on any atom is -0.384 e. The zero-order valence-corrected chi connectivity index (χ0v) is 11.2. The molecule has 1 N–H and O–H groups in total. The first-order valence-corrected chi connectivity index (χ1v) is 7.29. The summed E-state index contributed by atoms with van der Waals surface area (Å²) in [5, 5.41) is 3.35. The topological polar surface area (TPSA) is 28.2 Å². The highest BCUT2D eigenvalue weighted by Gasteiger charge is 2.30. The van der Waals surface area contributed by atoms with Crippen LogP contribution in [0.2, 0.25) is 0 Å². The molecule has 2 heterocycles. The summed E-state index contributed by atoms with van der Waals surface area (Å²) in [6, 6.07) is 2.25. The van der Waals surface area contributed by atoms with Crippen LogP contribution in [0.3, 0.4) is 0 Å². The number of anilines is 2. The van der Waals surface area contributed by atoms with Crippen molar-refractivity contribution in [2.24, 2.45) is 11.8 Å². The number of hydrogen-bond acceptors (Lipinski definition) is 3. The Balaban J connectivity index is 1.75. The molecule has 2 atom stereocenters. The maximum atomic E-state index is 4.37. The predicted octanol–water partition coefficient (Wildman–Crippen LogP) is 3.14. The number of nitrogens with zero attached hydrogens (tertiary/aromatic N) is 2. The fourth-order valence-corrected chi connectivity index (χ4v) is 3.54. The second-order valence-electron chi connectivity index (χ2n) is 5.77. The average Bonchev–Trinajstić information content (AvgIpc) is 2.39. The van der Waals surface area contributed by atoms with E-state index in [0.717, 1.165) is 24.1 Å². The summed E-state index contributed by atoms with van der Waals surface area (Å²) in [4.78, 5) is 6.92. The highest BCUT2D eigenvalue weighted by Crippen LogP contribution is 2.36. The van der Waals surface area contributed by atoms with Gasteiger partial charge in [0.25, 0.3) is 0 Å². The highest BCUT2D eigenvalue weighted by atomic mass is 15.2. The van der Waals surface area contributed by atoms with Crippen LogP contribution in [0.5, 0.6) is 0 Å². The summed E-state index contributed by atoms with van der Waals surface area (Å²) >= 11 is 0. The smallest absolute Gasteiger partial charge is 0.0573 e. The zero-order valence-electron chi connectivity index (χ0n) is 11.2. The number of nitrogens with one attached hydrogen (secondary N) is 1. The Labute approximate surface area is 110 Å². The Kier molecular flexibility index (Phi) is 3.39. The number of piperidine rings is 1. The van der Waals surface area contributed by atoms with E-state index >= 15 is 0 Å². The van der Waals surface area contributed by atoms with Gasteiger partial charge in [-0.1, -0.05) is 6.42 Å². The largest absolute Gasteiger partial charge is 0.384 e. The van der Waals surface area contributed by atoms with Crippen LogP contribution < -0.4 is 10.2 Å². The van der Waals surface area contributed by atoms with Crippen LogP contribution in [-0.2, 0) is 0 Å². The molecular formula is C15H23N3. The van der Waals surface area contributed by atoms with Crippen LogP contribution in [0.15, 0.2) is 18.5 Å². The first kappa shape index (κ1) is 11.8. The van der Waals surface area contributed by atoms with Crippen LogP contribution in [0.25, 0.3) is 0 Å². The lowest BCUT2D eigenvalue weighted by atomic mass is 9.78. The Morgan fingerprint density at radius 1 is 1.28 bits per heavy atom. The lowest BCUT2D eigenvalue weighted by molar-refractivity contribution is 0.231. The molecule has 2 bridgehead atoms. The minimum atomic E-state index is 0.917. The second kappa shape index (κ2) is 5.17. The van der Waals surface area contributed by atoms with Crippen molar-refractivity contribution < 1.29 is 0 Å². The number of fused-ring (bicyclic) bond motifs is 2. The van der Waals surface area contributed by atoms with E-state index in [0.29, 0.717) is 0 Å². The van der Waals surface area contributed by atoms with Gasteiger partial charge in [0, 0.05) is 19.6 Å². The SMILES string of the molecule is CCNc1cncc(N2CC3CCCC(C3)C2)c1. The van der Waals surface area contributed by atoms with Crippen molar-refractivity contribution in [1.82, 2.24) is 4.98 Å². The van der Waals surface area contributed by atoms with Gasteiger partial charge in [-0.2, -0.15) is 0 Å². The molecule has 3 heteroatoms. The average molecular weight is 245 g/mol. The lowest BCUT2D eigenvalue weighted by Crippen LogP contribution is -2.42. The molecule has 1 aromatic rings. The Morgan fingerprint density at radius 3 is 2.78 bits per heavy atom. The van der Waals surface area contributed by atoms with Gasteiger partial charge in [-0.15, -0.1) is 0 Å². The van der Waals surface area contributed by atoms with Crippen molar-refractivity contribution in [3.63, 3.8) is 0 Å². The van der Waals surface area contributed by atoms with Crippen LogP contribution in [0, 0.1) is 11.8 Å². The van der Waals surface area contributed by atoms with E-state index < -0.39 is 0 Å². The van der Waals surface area contributed by atoms with E-state index in [1.54, 1.807) is 0 Å². The molecule has 1 saturated carbocycles. The number of hydrogen-bond donors (Lipinski definition) is 1. The summed E-state index contributed by atoms with van der Waals surface area (Å²) in [6.07, 6.45) is 9.68. The van der Waals surface area contributed by atoms with Crippen LogP contribution in [0.4, 0.5) is 11.4 Å². The van der Waals surface area contributed by atoms with Gasteiger partial charge in [0.2, 0.25) is 0 Å². The molecule has 2 fully saturated rings. The number of aromatic nitrogens is 1. The lowest BCUT2D eigenvalue weighted by Gasteiger charge is -2.42. The molecule has 1 aromatic heterocycles. The summed E-state index contributed by atoms with van der Waals surface area (Å²) < 4.78 is 0. The van der Waals surface area contributed by atoms with Gasteiger partial charge >= 0.3 is 0 Å². The van der Waals surface area contributed by atoms with Gasteiger partial charge in [-0.3, -0.25) is 4.98 Å². The van der Waals surface area contributed by atoms with Crippen LogP contribution in [0.1, 0.15) is 32.6 Å². The van der Waals surface area contributed by atoms with E-state index in [4.69, 9.17) is 0 Å². The molecule has 2 aliphatic rings. The summed E-state index contributed by atoms with van der Waals surface area (Å²) in [7, 11) is 0. The summed E-state index contributed by atoms with van der Waals surface area (Å²) in [5.74, 6) is 1.83. The molecule has 0 spiro atoms. The predicted molar refractivity (Wildman–Crippen MR) is 76.1 cm³/mol. The highest BCUT2D eigenvalue weighted by molar-refractivity contribution is 5.55. The van der Waals surface area contributed by atoms with Gasteiger partial charge in [0.15, 0.2) is 0 Å². The standard InChI is InChI=1S/C15H23N3/c1-2-17-14-7-15(9-16-8-14)18-10-12-4-3-5-13(6-12)11-18/h7-9,12-13,17H,2-6,10-11H2,1H3. The van der Waals surface area contributed by atoms with Crippen molar-refractivity contribution in [3.05, 3.63) is 18.5 Å². The van der Waals surface area contributed by atoms with Crippen molar-refractivity contribution in [1.29, 1.82) is 0 Å². The Morgan fingerprint density at radius 2 is 2.06 bits per heavy atom. The summed E-state index contributed by atoms with van der Waals surface area (Å²) in [6.45, 7) is 5.54. The maximum Gasteiger partial charge on any atom is 0.0573 e. The zero-order chi connectivity index (χ0) is 12.4. The van der Waals surface area contributed by atoms with E-state index in [-0.39, 0.29) is 0 Å². The van der Waals surface area contributed by atoms with Crippen molar-refractivity contribution >= 4 is 11.4 Å². The van der Waals surface area contributed by atoms with E-state index in [9.17, 15) is 0 Å². The molecule has 0 aromatic carbocycles. The van der Waals surface area contributed by atoms with Gasteiger partial charge in [0.1, 0.15) is 0 Å². The molecule has 0 radical (unpaired) electrons. The first-order valence-electron chi connectivity index (χ1n) is 7.29. The van der Waals surface area contributed by atoms with Gasteiger partial charge < -0.3 is 10.2 Å². The summed E-state index contributed by atoms with van der Waals surface area (Å²) in [5.41, 5.74) is 2.44. The molecule has 98 valence electrons. The molecule has 3 nitrogen and oxygen atoms in total. The molecule has 1 aliphatic carbocycles. The molecule has 1 aliphatic heterocycles. The minimum absolute atomic E-state index is 0.917. The Bertz CT molecular complexity index is 392. The molecular weight excluding hydrogens is 222 g/mol. The molecule has 0 amide bonds. The first-order chi connectivity index (χ1) is 8.85. The monoisotopic (exact) mass is 245 g/mol. The fourth-order valence-electron chi connectivity index (χ4n) is 3.54. The van der Waals surface area contributed by atoms with E-state index in [1.165, 1.54) is 44.5 Å². The van der Waals surface area contributed by atoms with Crippen LogP contribution >= 0.6 is 0 Å². The van der Waals surface area contributed by atoms with Crippen molar-refractivity contribution in [2.45, 2.75) is 32.6 Å². The normalized spacial score (nSPS) is 27.1. The molecule has 1 saturated heterocycles. The third-order valence-corrected chi connectivity index (χ3v) is 4.32. The maximum absolute atomic E-state index is 4.37. The Hall–Kier alpha value is -1.25. The third-order valence-electron chi connectivity index (χ3n) is 4.32. The number of pyridine rings is 1. The number of rotatable bonds is 3.